The second-order valence-electron chi connectivity index (χ2n) is 8.71. The SMILES string of the molecule is C=Cc1c(/C=C\C)nc(CCN2CC(=O)c3cccc(-c4ncco4)c3C2=O)n(C(/C=C\COC)=C/C)c1=O. The minimum absolute atomic E-state index is 0.0816. The maximum Gasteiger partial charge on any atom is 0.265 e. The van der Waals surface area contributed by atoms with E-state index in [4.69, 9.17) is 14.1 Å². The van der Waals surface area contributed by atoms with Gasteiger partial charge < -0.3 is 14.1 Å². The molecule has 9 nitrogen and oxygen atoms in total. The average Bonchev–Trinajstić information content (AvgIpc) is 3.48. The first-order valence-electron chi connectivity index (χ1n) is 12.5. The smallest absolute Gasteiger partial charge is 0.265 e. The summed E-state index contributed by atoms with van der Waals surface area (Å²) in [5, 5.41) is 0. The van der Waals surface area contributed by atoms with Gasteiger partial charge in [0.15, 0.2) is 5.78 Å². The third kappa shape index (κ3) is 5.49. The fraction of sp³-hybridized carbons (Fsp3) is 0.233. The zero-order valence-corrected chi connectivity index (χ0v) is 22.2. The molecule has 39 heavy (non-hydrogen) atoms. The molecule has 1 amide bonds. The molecule has 3 heterocycles. The van der Waals surface area contributed by atoms with E-state index in [0.717, 1.165) is 0 Å². The number of ether oxygens (including phenoxy) is 1. The molecule has 1 aromatic carbocycles. The fourth-order valence-electron chi connectivity index (χ4n) is 4.53. The molecule has 0 fully saturated rings. The largest absolute Gasteiger partial charge is 0.445 e. The standard InChI is InChI=1S/C30H30N4O5/c1-5-10-24-21(7-3)29(36)34(20(6-2)11-9-17-38-4)26(32-24)14-16-33-19-25(35)22-12-8-13-23(27(22)30(33)37)28-31-15-18-39-28/h5-13,15,18H,3,14,16-17,19H2,1-2,4H3/b10-5-,11-9-,20-6+. The summed E-state index contributed by atoms with van der Waals surface area (Å²) in [5.74, 6) is 0.217. The number of allylic oxidation sites excluding steroid dienone is 4. The molecule has 0 saturated heterocycles. The van der Waals surface area contributed by atoms with Gasteiger partial charge in [-0.2, -0.15) is 0 Å². The first-order chi connectivity index (χ1) is 18.9. The van der Waals surface area contributed by atoms with Gasteiger partial charge in [0.2, 0.25) is 5.89 Å². The van der Waals surface area contributed by atoms with Gasteiger partial charge in [-0.1, -0.05) is 43.0 Å². The Hall–Kier alpha value is -4.63. The van der Waals surface area contributed by atoms with E-state index in [1.807, 2.05) is 13.8 Å². The van der Waals surface area contributed by atoms with Crippen LogP contribution in [0.15, 0.2) is 70.8 Å². The number of hydrogen-bond donors (Lipinski definition) is 0. The van der Waals surface area contributed by atoms with Crippen molar-refractivity contribution < 1.29 is 18.7 Å². The number of methoxy groups -OCH3 is 1. The molecule has 0 radical (unpaired) electrons. The molecular weight excluding hydrogens is 496 g/mol. The molecule has 0 spiro atoms. The van der Waals surface area contributed by atoms with Crippen molar-refractivity contribution in [2.75, 3.05) is 26.8 Å². The van der Waals surface area contributed by atoms with Crippen molar-refractivity contribution in [1.82, 2.24) is 19.4 Å². The molecule has 0 aliphatic carbocycles. The summed E-state index contributed by atoms with van der Waals surface area (Å²) in [7, 11) is 1.59. The highest BCUT2D eigenvalue weighted by atomic mass is 16.5. The van der Waals surface area contributed by atoms with Crippen LogP contribution >= 0.6 is 0 Å². The van der Waals surface area contributed by atoms with Gasteiger partial charge in [0, 0.05) is 31.3 Å². The minimum atomic E-state index is -0.310. The highest BCUT2D eigenvalue weighted by Gasteiger charge is 2.33. The monoisotopic (exact) mass is 526 g/mol. The minimum Gasteiger partial charge on any atom is -0.445 e. The summed E-state index contributed by atoms with van der Waals surface area (Å²) in [6.45, 7) is 7.92. The Kier molecular flexibility index (Phi) is 8.63. The van der Waals surface area contributed by atoms with Crippen LogP contribution in [0.1, 0.15) is 51.6 Å². The van der Waals surface area contributed by atoms with Gasteiger partial charge >= 0.3 is 0 Å². The Morgan fingerprint density at radius 1 is 1.21 bits per heavy atom. The number of carbonyl (C=O) groups is 2. The van der Waals surface area contributed by atoms with E-state index in [0.29, 0.717) is 40.5 Å². The van der Waals surface area contributed by atoms with Gasteiger partial charge in [-0.3, -0.25) is 19.0 Å². The third-order valence-corrected chi connectivity index (χ3v) is 6.32. The van der Waals surface area contributed by atoms with Gasteiger partial charge in [-0.05, 0) is 32.1 Å². The molecule has 1 aliphatic rings. The Balaban J connectivity index is 1.74. The molecule has 0 unspecified atom stereocenters. The van der Waals surface area contributed by atoms with Crippen LogP contribution in [0.2, 0.25) is 0 Å². The first kappa shape index (κ1) is 27.4. The highest BCUT2D eigenvalue weighted by Crippen LogP contribution is 2.30. The molecule has 4 rings (SSSR count). The number of ketones is 1. The second-order valence-corrected chi connectivity index (χ2v) is 8.71. The summed E-state index contributed by atoms with van der Waals surface area (Å²) in [5.41, 5.74) is 2.23. The van der Waals surface area contributed by atoms with Crippen molar-refractivity contribution in [3.63, 3.8) is 0 Å². The van der Waals surface area contributed by atoms with Crippen molar-refractivity contribution in [1.29, 1.82) is 0 Å². The van der Waals surface area contributed by atoms with Crippen LogP contribution in [0.4, 0.5) is 0 Å². The topological polar surface area (TPSA) is 108 Å². The second kappa shape index (κ2) is 12.3. The van der Waals surface area contributed by atoms with Crippen molar-refractivity contribution in [2.24, 2.45) is 0 Å². The maximum absolute atomic E-state index is 13.6. The Labute approximate surface area is 226 Å². The van der Waals surface area contributed by atoms with Gasteiger partial charge in [0.05, 0.1) is 41.7 Å². The van der Waals surface area contributed by atoms with Crippen molar-refractivity contribution in [3.8, 4) is 11.5 Å². The van der Waals surface area contributed by atoms with Gasteiger partial charge in [0.25, 0.3) is 11.5 Å². The number of aromatic nitrogens is 3. The Morgan fingerprint density at radius 2 is 2.00 bits per heavy atom. The van der Waals surface area contributed by atoms with E-state index in [2.05, 4.69) is 11.6 Å². The number of fused-ring (bicyclic) bond motifs is 1. The van der Waals surface area contributed by atoms with Crippen LogP contribution < -0.4 is 5.56 Å². The number of rotatable bonds is 10. The molecule has 200 valence electrons. The predicted molar refractivity (Wildman–Crippen MR) is 150 cm³/mol. The summed E-state index contributed by atoms with van der Waals surface area (Å²) in [6.07, 6.45) is 13.6. The number of amides is 1. The van der Waals surface area contributed by atoms with Crippen LogP contribution in [0.25, 0.3) is 29.3 Å². The Morgan fingerprint density at radius 3 is 2.67 bits per heavy atom. The molecule has 0 bridgehead atoms. The van der Waals surface area contributed by atoms with Gasteiger partial charge in [-0.15, -0.1) is 0 Å². The van der Waals surface area contributed by atoms with E-state index in [1.54, 1.807) is 55.7 Å². The molecule has 9 heteroatoms. The lowest BCUT2D eigenvalue weighted by Crippen LogP contribution is -2.43. The maximum atomic E-state index is 13.6. The van der Waals surface area contributed by atoms with E-state index < -0.39 is 0 Å². The van der Waals surface area contributed by atoms with E-state index in [1.165, 1.54) is 28.0 Å². The predicted octanol–water partition coefficient (Wildman–Crippen LogP) is 4.52. The fourth-order valence-corrected chi connectivity index (χ4v) is 4.53. The quantitative estimate of drug-likeness (QED) is 0.358. The molecule has 0 atom stereocenters. The number of hydrogen-bond acceptors (Lipinski definition) is 7. The lowest BCUT2D eigenvalue weighted by molar-refractivity contribution is 0.0682. The van der Waals surface area contributed by atoms with E-state index in [9.17, 15) is 14.4 Å². The average molecular weight is 527 g/mol. The number of benzene rings is 1. The van der Waals surface area contributed by atoms with Crippen molar-refractivity contribution in [2.45, 2.75) is 20.3 Å². The normalized spacial score (nSPS) is 14.0. The number of nitrogens with zero attached hydrogens (tertiary/aromatic N) is 4. The Bertz CT molecular complexity index is 1540. The van der Waals surface area contributed by atoms with Gasteiger partial charge in [0.1, 0.15) is 12.1 Å². The number of oxazole rings is 1. The van der Waals surface area contributed by atoms with Crippen LogP contribution in [-0.2, 0) is 11.2 Å². The van der Waals surface area contributed by atoms with Crippen LogP contribution in [0.3, 0.4) is 0 Å². The van der Waals surface area contributed by atoms with Crippen LogP contribution in [0, 0.1) is 0 Å². The molecule has 0 N–H and O–H groups in total. The molecule has 3 aromatic rings. The van der Waals surface area contributed by atoms with Crippen molar-refractivity contribution >= 4 is 29.5 Å². The molecule has 1 aliphatic heterocycles. The molecule has 0 saturated carbocycles. The summed E-state index contributed by atoms with van der Waals surface area (Å²) >= 11 is 0. The summed E-state index contributed by atoms with van der Waals surface area (Å²) < 4.78 is 12.0. The molecular formula is C30H30N4O5. The lowest BCUT2D eigenvalue weighted by Gasteiger charge is -2.29. The molecule has 2 aromatic heterocycles. The van der Waals surface area contributed by atoms with Crippen molar-refractivity contribution in [3.05, 3.63) is 100 Å². The van der Waals surface area contributed by atoms with Crippen LogP contribution in [0.5, 0.6) is 0 Å². The zero-order valence-electron chi connectivity index (χ0n) is 22.2. The first-order valence-corrected chi connectivity index (χ1v) is 12.5. The zero-order chi connectivity index (χ0) is 27.9. The number of carbonyl (C=O) groups excluding carboxylic acids is 2. The van der Waals surface area contributed by atoms with E-state index >= 15 is 0 Å². The number of Topliss-reactive ketones (excluding diaryl/α,β-unsaturated/α-hetero) is 1. The summed E-state index contributed by atoms with van der Waals surface area (Å²) in [4.78, 5) is 50.7. The summed E-state index contributed by atoms with van der Waals surface area (Å²) in [6, 6.07) is 5.06. The van der Waals surface area contributed by atoms with Gasteiger partial charge in [-0.25, -0.2) is 9.97 Å². The third-order valence-electron chi connectivity index (χ3n) is 6.32. The van der Waals surface area contributed by atoms with Crippen LogP contribution in [-0.4, -0.2) is 57.9 Å². The highest BCUT2D eigenvalue weighted by molar-refractivity contribution is 6.16. The lowest BCUT2D eigenvalue weighted by atomic mass is 9.93. The van der Waals surface area contributed by atoms with E-state index in [-0.39, 0.29) is 48.2 Å².